The molecule has 20 heavy (non-hydrogen) atoms. The van der Waals surface area contributed by atoms with Gasteiger partial charge in [0.2, 0.25) is 0 Å². The van der Waals surface area contributed by atoms with Gasteiger partial charge in [-0.3, -0.25) is 0 Å². The molecule has 0 aliphatic carbocycles. The molecule has 0 radical (unpaired) electrons. The first-order valence-corrected chi connectivity index (χ1v) is 6.88. The third-order valence-corrected chi connectivity index (χ3v) is 3.44. The fraction of sp³-hybridized carbons (Fsp3) is 0.294. The molecule has 0 aliphatic heterocycles. The number of hydrogen-bond donors (Lipinski definition) is 1. The summed E-state index contributed by atoms with van der Waals surface area (Å²) >= 11 is 0. The quantitative estimate of drug-likeness (QED) is 0.868. The SMILES string of the molecule is CCc1ccc(Oc2cccc(F)c2C(C)NC)cc1. The van der Waals surface area contributed by atoms with Crippen molar-refractivity contribution in [2.24, 2.45) is 0 Å². The first-order chi connectivity index (χ1) is 9.65. The molecule has 1 atom stereocenters. The van der Waals surface area contributed by atoms with Crippen LogP contribution in [0, 0.1) is 5.82 Å². The average molecular weight is 273 g/mol. The van der Waals surface area contributed by atoms with Crippen LogP contribution < -0.4 is 10.1 Å². The number of hydrogen-bond acceptors (Lipinski definition) is 2. The van der Waals surface area contributed by atoms with Crippen molar-refractivity contribution >= 4 is 0 Å². The van der Waals surface area contributed by atoms with Gasteiger partial charge >= 0.3 is 0 Å². The van der Waals surface area contributed by atoms with E-state index in [2.05, 4.69) is 12.2 Å². The predicted octanol–water partition coefficient (Wildman–Crippen LogP) is 4.46. The van der Waals surface area contributed by atoms with Gasteiger partial charge in [-0.15, -0.1) is 0 Å². The van der Waals surface area contributed by atoms with Crippen molar-refractivity contribution in [2.75, 3.05) is 7.05 Å². The smallest absolute Gasteiger partial charge is 0.135 e. The summed E-state index contributed by atoms with van der Waals surface area (Å²) in [5.74, 6) is 1.02. The van der Waals surface area contributed by atoms with E-state index in [4.69, 9.17) is 4.74 Å². The van der Waals surface area contributed by atoms with Crippen LogP contribution in [-0.2, 0) is 6.42 Å². The Morgan fingerprint density at radius 3 is 2.45 bits per heavy atom. The van der Waals surface area contributed by atoms with Gasteiger partial charge in [-0.05, 0) is 50.2 Å². The zero-order valence-corrected chi connectivity index (χ0v) is 12.1. The maximum Gasteiger partial charge on any atom is 0.135 e. The molecule has 0 fully saturated rings. The Morgan fingerprint density at radius 2 is 1.85 bits per heavy atom. The standard InChI is InChI=1S/C17H20FNO/c1-4-13-8-10-14(11-9-13)20-16-7-5-6-15(18)17(16)12(2)19-3/h5-12,19H,4H2,1-3H3. The van der Waals surface area contributed by atoms with Gasteiger partial charge in [0.15, 0.2) is 0 Å². The van der Waals surface area contributed by atoms with Crippen molar-refractivity contribution in [2.45, 2.75) is 26.3 Å². The normalized spacial score (nSPS) is 12.2. The molecular formula is C17H20FNO. The number of rotatable bonds is 5. The largest absolute Gasteiger partial charge is 0.457 e. The van der Waals surface area contributed by atoms with E-state index in [1.54, 1.807) is 19.2 Å². The third-order valence-electron chi connectivity index (χ3n) is 3.44. The third kappa shape index (κ3) is 3.17. The number of aryl methyl sites for hydroxylation is 1. The second-order valence-corrected chi connectivity index (χ2v) is 4.76. The van der Waals surface area contributed by atoms with Crippen molar-refractivity contribution in [3.63, 3.8) is 0 Å². The van der Waals surface area contributed by atoms with Crippen LogP contribution in [0.15, 0.2) is 42.5 Å². The van der Waals surface area contributed by atoms with E-state index in [9.17, 15) is 4.39 Å². The zero-order valence-electron chi connectivity index (χ0n) is 12.1. The molecule has 0 spiro atoms. The molecule has 3 heteroatoms. The molecule has 0 aromatic heterocycles. The number of benzene rings is 2. The molecule has 1 unspecified atom stereocenters. The average Bonchev–Trinajstić information content (AvgIpc) is 2.47. The van der Waals surface area contributed by atoms with E-state index in [1.807, 2.05) is 31.2 Å². The summed E-state index contributed by atoms with van der Waals surface area (Å²) in [6.45, 7) is 4.01. The van der Waals surface area contributed by atoms with E-state index in [0.717, 1.165) is 12.2 Å². The Hall–Kier alpha value is -1.87. The zero-order chi connectivity index (χ0) is 14.5. The Kier molecular flexibility index (Phi) is 4.74. The Bertz CT molecular complexity index is 566. The lowest BCUT2D eigenvalue weighted by atomic mass is 10.1. The minimum absolute atomic E-state index is 0.110. The van der Waals surface area contributed by atoms with E-state index in [-0.39, 0.29) is 11.9 Å². The molecule has 0 bridgehead atoms. The van der Waals surface area contributed by atoms with Crippen LogP contribution in [0.2, 0.25) is 0 Å². The van der Waals surface area contributed by atoms with Gasteiger partial charge in [-0.2, -0.15) is 0 Å². The van der Waals surface area contributed by atoms with E-state index < -0.39 is 0 Å². The second-order valence-electron chi connectivity index (χ2n) is 4.76. The van der Waals surface area contributed by atoms with Gasteiger partial charge < -0.3 is 10.1 Å². The molecule has 0 amide bonds. The Labute approximate surface area is 119 Å². The molecule has 2 aromatic carbocycles. The van der Waals surface area contributed by atoms with Crippen molar-refractivity contribution in [3.8, 4) is 11.5 Å². The minimum atomic E-state index is -0.255. The lowest BCUT2D eigenvalue weighted by molar-refractivity contribution is 0.452. The van der Waals surface area contributed by atoms with E-state index in [0.29, 0.717) is 11.3 Å². The summed E-state index contributed by atoms with van der Waals surface area (Å²) in [5.41, 5.74) is 1.80. The molecule has 2 aromatic rings. The highest BCUT2D eigenvalue weighted by atomic mass is 19.1. The summed E-state index contributed by atoms with van der Waals surface area (Å²) in [4.78, 5) is 0. The number of nitrogens with one attached hydrogen (secondary N) is 1. The van der Waals surface area contributed by atoms with Crippen LogP contribution in [-0.4, -0.2) is 7.05 Å². The lowest BCUT2D eigenvalue weighted by Gasteiger charge is -2.17. The van der Waals surface area contributed by atoms with Crippen LogP contribution in [0.25, 0.3) is 0 Å². The van der Waals surface area contributed by atoms with Gasteiger partial charge in [0.25, 0.3) is 0 Å². The van der Waals surface area contributed by atoms with Crippen LogP contribution in [0.3, 0.4) is 0 Å². The summed E-state index contributed by atoms with van der Waals surface area (Å²) < 4.78 is 19.8. The van der Waals surface area contributed by atoms with Crippen molar-refractivity contribution in [3.05, 3.63) is 59.4 Å². The Morgan fingerprint density at radius 1 is 1.15 bits per heavy atom. The number of ether oxygens (including phenoxy) is 1. The molecule has 0 saturated heterocycles. The molecule has 106 valence electrons. The van der Waals surface area contributed by atoms with Gasteiger partial charge in [0.05, 0.1) is 0 Å². The predicted molar refractivity (Wildman–Crippen MR) is 79.8 cm³/mol. The fourth-order valence-electron chi connectivity index (χ4n) is 2.09. The molecule has 0 heterocycles. The van der Waals surface area contributed by atoms with Crippen molar-refractivity contribution in [1.29, 1.82) is 0 Å². The van der Waals surface area contributed by atoms with Crippen LogP contribution in [0.5, 0.6) is 11.5 Å². The first-order valence-electron chi connectivity index (χ1n) is 6.88. The molecule has 2 nitrogen and oxygen atoms in total. The summed E-state index contributed by atoms with van der Waals surface area (Å²) in [7, 11) is 1.80. The summed E-state index contributed by atoms with van der Waals surface area (Å²) in [6.07, 6.45) is 0.988. The maximum absolute atomic E-state index is 14.0. The van der Waals surface area contributed by atoms with Gasteiger partial charge in [-0.25, -0.2) is 4.39 Å². The molecule has 1 N–H and O–H groups in total. The van der Waals surface area contributed by atoms with E-state index >= 15 is 0 Å². The molecule has 0 saturated carbocycles. The molecule has 2 rings (SSSR count). The van der Waals surface area contributed by atoms with Gasteiger partial charge in [0.1, 0.15) is 17.3 Å². The number of halogens is 1. The highest BCUT2D eigenvalue weighted by Crippen LogP contribution is 2.31. The van der Waals surface area contributed by atoms with Crippen molar-refractivity contribution in [1.82, 2.24) is 5.32 Å². The molecule has 0 aliphatic rings. The fourth-order valence-corrected chi connectivity index (χ4v) is 2.09. The minimum Gasteiger partial charge on any atom is -0.457 e. The van der Waals surface area contributed by atoms with E-state index in [1.165, 1.54) is 11.6 Å². The topological polar surface area (TPSA) is 21.3 Å². The van der Waals surface area contributed by atoms with Crippen LogP contribution in [0.1, 0.15) is 31.0 Å². The van der Waals surface area contributed by atoms with Crippen molar-refractivity contribution < 1.29 is 9.13 Å². The summed E-state index contributed by atoms with van der Waals surface area (Å²) in [6, 6.07) is 12.7. The lowest BCUT2D eigenvalue weighted by Crippen LogP contribution is -2.14. The first kappa shape index (κ1) is 14.5. The monoisotopic (exact) mass is 273 g/mol. The second kappa shape index (κ2) is 6.53. The Balaban J connectivity index is 2.30. The van der Waals surface area contributed by atoms with Gasteiger partial charge in [0, 0.05) is 11.6 Å². The van der Waals surface area contributed by atoms with Crippen LogP contribution >= 0.6 is 0 Å². The van der Waals surface area contributed by atoms with Gasteiger partial charge in [-0.1, -0.05) is 25.1 Å². The van der Waals surface area contributed by atoms with Crippen LogP contribution in [0.4, 0.5) is 4.39 Å². The molecular weight excluding hydrogens is 253 g/mol. The maximum atomic E-state index is 14.0. The highest BCUT2D eigenvalue weighted by Gasteiger charge is 2.15. The highest BCUT2D eigenvalue weighted by molar-refractivity contribution is 5.41. The summed E-state index contributed by atoms with van der Waals surface area (Å²) in [5, 5.41) is 3.05.